The van der Waals surface area contributed by atoms with Crippen LogP contribution < -0.4 is 5.73 Å². The minimum Gasteiger partial charge on any atom is -0.390 e. The summed E-state index contributed by atoms with van der Waals surface area (Å²) < 4.78 is 4.79. The zero-order valence-corrected chi connectivity index (χ0v) is 6.05. The fraction of sp³-hybridized carbons (Fsp3) is 1.00. The molecule has 1 fully saturated rings. The standard InChI is InChI=1S/C6H13NO4/c7-2-5-3(8)1-4(9)6(10)11-5/h3-6,8-10H,1-2,7H2/t3-,4-,5+,6-/m0/s1. The summed E-state index contributed by atoms with van der Waals surface area (Å²) in [4.78, 5) is 0. The van der Waals surface area contributed by atoms with E-state index in [4.69, 9.17) is 20.7 Å². The van der Waals surface area contributed by atoms with Crippen LogP contribution in [0.3, 0.4) is 0 Å². The Bertz CT molecular complexity index is 132. The molecule has 0 amide bonds. The molecule has 0 unspecified atom stereocenters. The van der Waals surface area contributed by atoms with Crippen LogP contribution in [0.1, 0.15) is 6.42 Å². The number of aliphatic hydroxyl groups is 3. The molecule has 5 heteroatoms. The molecule has 0 aromatic heterocycles. The molecule has 1 aliphatic heterocycles. The molecular formula is C6H13NO4. The van der Waals surface area contributed by atoms with Gasteiger partial charge in [-0.05, 0) is 0 Å². The van der Waals surface area contributed by atoms with Crippen LogP contribution >= 0.6 is 0 Å². The molecule has 0 radical (unpaired) electrons. The monoisotopic (exact) mass is 163 g/mol. The molecule has 0 aliphatic carbocycles. The van der Waals surface area contributed by atoms with E-state index in [-0.39, 0.29) is 13.0 Å². The smallest absolute Gasteiger partial charge is 0.181 e. The van der Waals surface area contributed by atoms with Crippen LogP contribution in [0.4, 0.5) is 0 Å². The number of aliphatic hydroxyl groups excluding tert-OH is 3. The van der Waals surface area contributed by atoms with Gasteiger partial charge in [0.1, 0.15) is 6.10 Å². The van der Waals surface area contributed by atoms with Crippen molar-refractivity contribution in [3.05, 3.63) is 0 Å². The minimum absolute atomic E-state index is 0.114. The average Bonchev–Trinajstić information content (AvgIpc) is 1.97. The second kappa shape index (κ2) is 3.46. The van der Waals surface area contributed by atoms with Gasteiger partial charge in [0, 0.05) is 13.0 Å². The molecule has 1 aliphatic rings. The van der Waals surface area contributed by atoms with E-state index in [1.54, 1.807) is 0 Å². The molecule has 1 saturated heterocycles. The van der Waals surface area contributed by atoms with Crippen LogP contribution in [0.2, 0.25) is 0 Å². The van der Waals surface area contributed by atoms with Gasteiger partial charge in [-0.15, -0.1) is 0 Å². The van der Waals surface area contributed by atoms with E-state index >= 15 is 0 Å². The van der Waals surface area contributed by atoms with Crippen molar-refractivity contribution in [1.82, 2.24) is 0 Å². The van der Waals surface area contributed by atoms with Crippen LogP contribution in [-0.4, -0.2) is 46.5 Å². The number of nitrogens with two attached hydrogens (primary N) is 1. The Morgan fingerprint density at radius 1 is 1.27 bits per heavy atom. The van der Waals surface area contributed by atoms with Gasteiger partial charge in [-0.1, -0.05) is 0 Å². The summed E-state index contributed by atoms with van der Waals surface area (Å²) in [5.74, 6) is 0. The van der Waals surface area contributed by atoms with Crippen molar-refractivity contribution in [2.45, 2.75) is 31.0 Å². The van der Waals surface area contributed by atoms with E-state index < -0.39 is 24.6 Å². The highest BCUT2D eigenvalue weighted by Crippen LogP contribution is 2.17. The fourth-order valence-corrected chi connectivity index (χ4v) is 1.09. The van der Waals surface area contributed by atoms with E-state index in [1.165, 1.54) is 0 Å². The highest BCUT2D eigenvalue weighted by molar-refractivity contribution is 4.80. The third-order valence-corrected chi connectivity index (χ3v) is 1.79. The Morgan fingerprint density at radius 2 is 1.91 bits per heavy atom. The van der Waals surface area contributed by atoms with Gasteiger partial charge in [0.15, 0.2) is 6.29 Å². The molecule has 66 valence electrons. The van der Waals surface area contributed by atoms with Crippen molar-refractivity contribution in [2.75, 3.05) is 6.54 Å². The van der Waals surface area contributed by atoms with Gasteiger partial charge in [-0.2, -0.15) is 0 Å². The average molecular weight is 163 g/mol. The van der Waals surface area contributed by atoms with Gasteiger partial charge in [0.25, 0.3) is 0 Å². The van der Waals surface area contributed by atoms with Crippen molar-refractivity contribution in [2.24, 2.45) is 5.73 Å². The molecule has 11 heavy (non-hydrogen) atoms. The van der Waals surface area contributed by atoms with Gasteiger partial charge >= 0.3 is 0 Å². The van der Waals surface area contributed by atoms with Crippen LogP contribution in [0.25, 0.3) is 0 Å². The number of ether oxygens (including phenoxy) is 1. The molecule has 5 N–H and O–H groups in total. The minimum atomic E-state index is -1.22. The molecule has 0 bridgehead atoms. The molecule has 0 saturated carbocycles. The van der Waals surface area contributed by atoms with Gasteiger partial charge in [0.2, 0.25) is 0 Å². The van der Waals surface area contributed by atoms with Crippen LogP contribution in [0.15, 0.2) is 0 Å². The first kappa shape index (κ1) is 8.89. The SMILES string of the molecule is NC[C@H]1O[C@H](O)[C@@H](O)C[C@@H]1O. The summed E-state index contributed by atoms with van der Waals surface area (Å²) >= 11 is 0. The molecule has 1 heterocycles. The van der Waals surface area contributed by atoms with Crippen molar-refractivity contribution in [1.29, 1.82) is 0 Å². The lowest BCUT2D eigenvalue weighted by Crippen LogP contribution is -2.49. The lowest BCUT2D eigenvalue weighted by Gasteiger charge is -2.33. The van der Waals surface area contributed by atoms with E-state index in [9.17, 15) is 5.11 Å². The Kier molecular flexibility index (Phi) is 2.80. The Morgan fingerprint density at radius 3 is 2.45 bits per heavy atom. The van der Waals surface area contributed by atoms with E-state index in [2.05, 4.69) is 0 Å². The summed E-state index contributed by atoms with van der Waals surface area (Å²) in [6.07, 6.45) is -3.45. The highest BCUT2D eigenvalue weighted by atomic mass is 16.6. The van der Waals surface area contributed by atoms with Crippen LogP contribution in [0, 0.1) is 0 Å². The van der Waals surface area contributed by atoms with Crippen LogP contribution in [-0.2, 0) is 4.74 Å². The highest BCUT2D eigenvalue weighted by Gasteiger charge is 2.34. The topological polar surface area (TPSA) is 95.9 Å². The van der Waals surface area contributed by atoms with Crippen LogP contribution in [0.5, 0.6) is 0 Å². The first-order valence-corrected chi connectivity index (χ1v) is 3.55. The van der Waals surface area contributed by atoms with Crippen molar-refractivity contribution in [3.8, 4) is 0 Å². The predicted octanol–water partition coefficient (Wildman–Crippen LogP) is -2.23. The first-order chi connectivity index (χ1) is 5.15. The molecule has 0 aromatic carbocycles. The maximum absolute atomic E-state index is 9.18. The van der Waals surface area contributed by atoms with Crippen molar-refractivity contribution in [3.63, 3.8) is 0 Å². The number of rotatable bonds is 1. The Hall–Kier alpha value is -0.200. The number of hydrogen-bond donors (Lipinski definition) is 4. The fourth-order valence-electron chi connectivity index (χ4n) is 1.09. The normalized spacial score (nSPS) is 45.8. The van der Waals surface area contributed by atoms with Crippen molar-refractivity contribution >= 4 is 0 Å². The van der Waals surface area contributed by atoms with Gasteiger partial charge < -0.3 is 25.8 Å². The molecule has 5 nitrogen and oxygen atoms in total. The van der Waals surface area contributed by atoms with E-state index in [1.807, 2.05) is 0 Å². The summed E-state index contributed by atoms with van der Waals surface area (Å²) in [6.45, 7) is 0.144. The zero-order chi connectivity index (χ0) is 8.43. The molecule has 0 aromatic rings. The largest absolute Gasteiger partial charge is 0.390 e. The summed E-state index contributed by atoms with van der Waals surface area (Å²) in [5, 5.41) is 27.1. The lowest BCUT2D eigenvalue weighted by molar-refractivity contribution is -0.242. The Balaban J connectivity index is 2.48. The summed E-state index contributed by atoms with van der Waals surface area (Å²) in [5.41, 5.74) is 5.22. The number of hydrogen-bond acceptors (Lipinski definition) is 5. The van der Waals surface area contributed by atoms with Gasteiger partial charge in [-0.25, -0.2) is 0 Å². The first-order valence-electron chi connectivity index (χ1n) is 3.55. The molecular weight excluding hydrogens is 150 g/mol. The second-order valence-corrected chi connectivity index (χ2v) is 2.67. The Labute approximate surface area is 64.4 Å². The third-order valence-electron chi connectivity index (χ3n) is 1.79. The zero-order valence-electron chi connectivity index (χ0n) is 6.05. The van der Waals surface area contributed by atoms with Gasteiger partial charge in [0.05, 0.1) is 12.2 Å². The lowest BCUT2D eigenvalue weighted by atomic mass is 10.0. The predicted molar refractivity (Wildman–Crippen MR) is 36.6 cm³/mol. The maximum Gasteiger partial charge on any atom is 0.181 e. The summed E-state index contributed by atoms with van der Waals surface area (Å²) in [6, 6.07) is 0. The van der Waals surface area contributed by atoms with E-state index in [0.717, 1.165) is 0 Å². The molecule has 0 spiro atoms. The van der Waals surface area contributed by atoms with E-state index in [0.29, 0.717) is 0 Å². The quantitative estimate of drug-likeness (QED) is 0.351. The van der Waals surface area contributed by atoms with Gasteiger partial charge in [-0.3, -0.25) is 0 Å². The third kappa shape index (κ3) is 1.88. The molecule has 4 atom stereocenters. The van der Waals surface area contributed by atoms with Crippen molar-refractivity contribution < 1.29 is 20.1 Å². The maximum atomic E-state index is 9.18. The molecule has 1 rings (SSSR count). The summed E-state index contributed by atoms with van der Waals surface area (Å²) in [7, 11) is 0. The second-order valence-electron chi connectivity index (χ2n) is 2.67.